The number of anilines is 2. The van der Waals surface area contributed by atoms with Crippen molar-refractivity contribution in [1.82, 2.24) is 0 Å². The molecular formula is C36H23NO2. The van der Waals surface area contributed by atoms with Gasteiger partial charge >= 0.3 is 0 Å². The van der Waals surface area contributed by atoms with Gasteiger partial charge in [0, 0.05) is 32.8 Å². The summed E-state index contributed by atoms with van der Waals surface area (Å²) in [5.74, 6) is 0. The highest BCUT2D eigenvalue weighted by molar-refractivity contribution is 6.13. The predicted molar refractivity (Wildman–Crippen MR) is 162 cm³/mol. The van der Waals surface area contributed by atoms with Crippen molar-refractivity contribution in [3.8, 4) is 22.3 Å². The van der Waals surface area contributed by atoms with Gasteiger partial charge in [0.1, 0.15) is 16.7 Å². The summed E-state index contributed by atoms with van der Waals surface area (Å²) in [4.78, 5) is 0. The molecule has 6 aromatic carbocycles. The molecule has 0 fully saturated rings. The van der Waals surface area contributed by atoms with E-state index in [1.54, 1.807) is 0 Å². The minimum atomic E-state index is 0.859. The maximum absolute atomic E-state index is 6.53. The second-order valence-corrected chi connectivity index (χ2v) is 9.84. The van der Waals surface area contributed by atoms with E-state index in [9.17, 15) is 0 Å². The second kappa shape index (κ2) is 8.64. The Morgan fingerprint density at radius 1 is 0.410 bits per heavy atom. The second-order valence-electron chi connectivity index (χ2n) is 9.84. The fourth-order valence-electron chi connectivity index (χ4n) is 5.57. The minimum Gasteiger partial charge on any atom is -0.456 e. The van der Waals surface area contributed by atoms with Gasteiger partial charge in [0.2, 0.25) is 0 Å². The van der Waals surface area contributed by atoms with Crippen LogP contribution in [-0.4, -0.2) is 0 Å². The average Bonchev–Trinajstić information content (AvgIpc) is 3.57. The zero-order chi connectivity index (χ0) is 25.8. The van der Waals surface area contributed by atoms with E-state index in [-0.39, 0.29) is 0 Å². The molecule has 0 aliphatic rings. The SMILES string of the molecule is c1ccc(-c2cccc3c2oc2c(Nc4ccc(-c5ccc6oc7ccccc7c6c5)cc4)cccc23)cc1. The van der Waals surface area contributed by atoms with Gasteiger partial charge in [0.15, 0.2) is 5.58 Å². The lowest BCUT2D eigenvalue weighted by molar-refractivity contribution is 0.669. The maximum Gasteiger partial charge on any atom is 0.158 e. The van der Waals surface area contributed by atoms with Crippen molar-refractivity contribution < 1.29 is 8.83 Å². The maximum atomic E-state index is 6.53. The number of nitrogens with one attached hydrogen (secondary N) is 1. The molecule has 2 heterocycles. The summed E-state index contributed by atoms with van der Waals surface area (Å²) >= 11 is 0. The van der Waals surface area contributed by atoms with Crippen molar-refractivity contribution in [1.29, 1.82) is 0 Å². The van der Waals surface area contributed by atoms with Crippen LogP contribution in [0.1, 0.15) is 0 Å². The number of rotatable bonds is 4. The molecule has 0 spiro atoms. The third-order valence-electron chi connectivity index (χ3n) is 7.48. The van der Waals surface area contributed by atoms with E-state index in [4.69, 9.17) is 8.83 Å². The van der Waals surface area contributed by atoms with E-state index in [1.807, 2.05) is 18.2 Å². The Kier molecular flexibility index (Phi) is 4.82. The van der Waals surface area contributed by atoms with E-state index in [0.717, 1.165) is 77.5 Å². The average molecular weight is 502 g/mol. The lowest BCUT2D eigenvalue weighted by Gasteiger charge is -2.08. The standard InChI is InChI=1S/C36H23NO2/c1-2-8-24(9-3-1)27-11-6-12-29-30-13-7-14-32(36(30)39-35(27)29)37-26-19-16-23(17-20-26)25-18-21-34-31(22-25)28-10-4-5-15-33(28)38-34/h1-22,37H. The van der Waals surface area contributed by atoms with E-state index in [0.29, 0.717) is 0 Å². The first-order valence-electron chi connectivity index (χ1n) is 13.1. The minimum absolute atomic E-state index is 0.859. The topological polar surface area (TPSA) is 38.3 Å². The normalized spacial score (nSPS) is 11.6. The van der Waals surface area contributed by atoms with Crippen molar-refractivity contribution in [2.75, 3.05) is 5.32 Å². The molecule has 39 heavy (non-hydrogen) atoms. The van der Waals surface area contributed by atoms with Crippen LogP contribution >= 0.6 is 0 Å². The number of fused-ring (bicyclic) bond motifs is 6. The van der Waals surface area contributed by atoms with E-state index in [2.05, 4.69) is 121 Å². The van der Waals surface area contributed by atoms with Gasteiger partial charge < -0.3 is 14.2 Å². The van der Waals surface area contributed by atoms with Crippen LogP contribution in [0.5, 0.6) is 0 Å². The lowest BCUT2D eigenvalue weighted by atomic mass is 10.0. The summed E-state index contributed by atoms with van der Waals surface area (Å²) in [5.41, 5.74) is 10.1. The molecule has 0 aliphatic heterocycles. The van der Waals surface area contributed by atoms with Gasteiger partial charge in [-0.25, -0.2) is 0 Å². The highest BCUT2D eigenvalue weighted by atomic mass is 16.3. The third kappa shape index (κ3) is 3.59. The highest BCUT2D eigenvalue weighted by Crippen LogP contribution is 2.39. The molecule has 0 bridgehead atoms. The number of furan rings is 2. The Morgan fingerprint density at radius 2 is 1.10 bits per heavy atom. The van der Waals surface area contributed by atoms with E-state index >= 15 is 0 Å². The number of hydrogen-bond acceptors (Lipinski definition) is 3. The molecule has 0 amide bonds. The zero-order valence-corrected chi connectivity index (χ0v) is 21.0. The van der Waals surface area contributed by atoms with Crippen LogP contribution in [0.4, 0.5) is 11.4 Å². The van der Waals surface area contributed by atoms with Crippen molar-refractivity contribution >= 4 is 55.3 Å². The first-order valence-corrected chi connectivity index (χ1v) is 13.1. The monoisotopic (exact) mass is 501 g/mol. The quantitative estimate of drug-likeness (QED) is 0.261. The van der Waals surface area contributed by atoms with Gasteiger partial charge in [-0.3, -0.25) is 0 Å². The van der Waals surface area contributed by atoms with Gasteiger partial charge in [-0.2, -0.15) is 0 Å². The van der Waals surface area contributed by atoms with Crippen LogP contribution < -0.4 is 5.32 Å². The van der Waals surface area contributed by atoms with Crippen LogP contribution in [0.25, 0.3) is 66.1 Å². The molecule has 0 atom stereocenters. The molecule has 184 valence electrons. The molecule has 3 nitrogen and oxygen atoms in total. The van der Waals surface area contributed by atoms with Crippen LogP contribution in [-0.2, 0) is 0 Å². The third-order valence-corrected chi connectivity index (χ3v) is 7.48. The van der Waals surface area contributed by atoms with Crippen molar-refractivity contribution in [2.24, 2.45) is 0 Å². The summed E-state index contributed by atoms with van der Waals surface area (Å²) in [6.45, 7) is 0. The molecule has 0 saturated heterocycles. The number of hydrogen-bond donors (Lipinski definition) is 1. The molecule has 8 aromatic rings. The fraction of sp³-hybridized carbons (Fsp3) is 0. The predicted octanol–water partition coefficient (Wildman–Crippen LogP) is 10.6. The molecule has 0 unspecified atom stereocenters. The van der Waals surface area contributed by atoms with Gasteiger partial charge in [0.25, 0.3) is 0 Å². The summed E-state index contributed by atoms with van der Waals surface area (Å²) in [7, 11) is 0. The first kappa shape index (κ1) is 21.8. The van der Waals surface area contributed by atoms with Crippen LogP contribution in [0, 0.1) is 0 Å². The molecule has 0 saturated carbocycles. The van der Waals surface area contributed by atoms with Gasteiger partial charge in [0.05, 0.1) is 5.69 Å². The van der Waals surface area contributed by atoms with Gasteiger partial charge in [-0.05, 0) is 53.1 Å². The van der Waals surface area contributed by atoms with Crippen molar-refractivity contribution in [2.45, 2.75) is 0 Å². The van der Waals surface area contributed by atoms with Crippen molar-refractivity contribution in [3.05, 3.63) is 133 Å². The van der Waals surface area contributed by atoms with Crippen LogP contribution in [0.15, 0.2) is 142 Å². The molecule has 3 heteroatoms. The summed E-state index contributed by atoms with van der Waals surface area (Å²) in [6, 6.07) is 46.1. The highest BCUT2D eigenvalue weighted by Gasteiger charge is 2.15. The Hall–Kier alpha value is -5.28. The molecule has 0 radical (unpaired) electrons. The van der Waals surface area contributed by atoms with Crippen LogP contribution in [0.2, 0.25) is 0 Å². The molecule has 0 aliphatic carbocycles. The van der Waals surface area contributed by atoms with Crippen molar-refractivity contribution in [3.63, 3.8) is 0 Å². The van der Waals surface area contributed by atoms with E-state index in [1.165, 1.54) is 0 Å². The Labute approximate surface area is 224 Å². The molecule has 1 N–H and O–H groups in total. The van der Waals surface area contributed by atoms with E-state index < -0.39 is 0 Å². The fourth-order valence-corrected chi connectivity index (χ4v) is 5.57. The van der Waals surface area contributed by atoms with Gasteiger partial charge in [-0.1, -0.05) is 97.1 Å². The van der Waals surface area contributed by atoms with Gasteiger partial charge in [-0.15, -0.1) is 0 Å². The zero-order valence-electron chi connectivity index (χ0n) is 21.0. The molecular weight excluding hydrogens is 478 g/mol. The number of benzene rings is 6. The Morgan fingerprint density at radius 3 is 1.97 bits per heavy atom. The Balaban J connectivity index is 1.15. The smallest absolute Gasteiger partial charge is 0.158 e. The van der Waals surface area contributed by atoms with Crippen LogP contribution in [0.3, 0.4) is 0 Å². The molecule has 2 aromatic heterocycles. The number of para-hydroxylation sites is 3. The summed E-state index contributed by atoms with van der Waals surface area (Å²) in [5, 5.41) is 8.08. The largest absolute Gasteiger partial charge is 0.456 e. The Bertz CT molecular complexity index is 2130. The molecule has 8 rings (SSSR count). The summed E-state index contributed by atoms with van der Waals surface area (Å²) in [6.07, 6.45) is 0. The first-order chi connectivity index (χ1) is 19.3. The summed E-state index contributed by atoms with van der Waals surface area (Å²) < 4.78 is 12.5. The lowest BCUT2D eigenvalue weighted by Crippen LogP contribution is -1.90.